The number of fused-ring (bicyclic) bond motifs is 3. The molecule has 0 nitrogen and oxygen atoms in total. The van der Waals surface area contributed by atoms with E-state index in [0.717, 1.165) is 5.02 Å². The van der Waals surface area contributed by atoms with E-state index in [1.54, 1.807) is 0 Å². The Morgan fingerprint density at radius 3 is 2.04 bits per heavy atom. The summed E-state index contributed by atoms with van der Waals surface area (Å²) in [5.41, 5.74) is 7.54. The van der Waals surface area contributed by atoms with Crippen LogP contribution in [0.2, 0.25) is 5.02 Å². The molecule has 0 unspecified atom stereocenters. The standard InChI is InChI=1S/C22H13Cl/c23-16-12-19(14-6-2-1-3-7-14)22-18-11-5-9-15-8-4-10-17(21(15)18)20(22)13-16/h1-13H. The summed E-state index contributed by atoms with van der Waals surface area (Å²) in [5.74, 6) is 0. The third kappa shape index (κ3) is 1.79. The molecule has 0 fully saturated rings. The maximum Gasteiger partial charge on any atom is 0.0418 e. The molecule has 5 rings (SSSR count). The molecule has 23 heavy (non-hydrogen) atoms. The quantitative estimate of drug-likeness (QED) is 0.319. The Labute approximate surface area is 140 Å². The highest BCUT2D eigenvalue weighted by molar-refractivity contribution is 6.32. The van der Waals surface area contributed by atoms with Crippen LogP contribution in [0.15, 0.2) is 78.9 Å². The van der Waals surface area contributed by atoms with Crippen LogP contribution in [0.3, 0.4) is 0 Å². The van der Waals surface area contributed by atoms with E-state index in [1.807, 2.05) is 6.07 Å². The summed E-state index contributed by atoms with van der Waals surface area (Å²) in [5, 5.41) is 3.41. The minimum Gasteiger partial charge on any atom is -0.0843 e. The van der Waals surface area contributed by atoms with Crippen molar-refractivity contribution < 1.29 is 0 Å². The molecule has 0 saturated heterocycles. The highest BCUT2D eigenvalue weighted by Gasteiger charge is 2.24. The van der Waals surface area contributed by atoms with Crippen molar-refractivity contribution in [1.29, 1.82) is 0 Å². The SMILES string of the molecule is Clc1cc(-c2ccccc2)c2c(c1)-c1cccc3cccc-2c13. The second kappa shape index (κ2) is 4.71. The van der Waals surface area contributed by atoms with Crippen LogP contribution >= 0.6 is 11.6 Å². The summed E-state index contributed by atoms with van der Waals surface area (Å²) in [6, 6.07) is 27.7. The molecular formula is C22H13Cl. The second-order valence-electron chi connectivity index (χ2n) is 5.95. The van der Waals surface area contributed by atoms with Gasteiger partial charge in [-0.15, -0.1) is 0 Å². The monoisotopic (exact) mass is 312 g/mol. The van der Waals surface area contributed by atoms with Gasteiger partial charge in [0.05, 0.1) is 0 Å². The lowest BCUT2D eigenvalue weighted by Crippen LogP contribution is -1.85. The number of rotatable bonds is 1. The maximum atomic E-state index is 6.46. The lowest BCUT2D eigenvalue weighted by molar-refractivity contribution is 1.62. The van der Waals surface area contributed by atoms with Crippen LogP contribution in [0.5, 0.6) is 0 Å². The van der Waals surface area contributed by atoms with Gasteiger partial charge >= 0.3 is 0 Å². The van der Waals surface area contributed by atoms with Gasteiger partial charge in [0.1, 0.15) is 0 Å². The molecule has 0 heterocycles. The first kappa shape index (κ1) is 12.9. The number of hydrogen-bond acceptors (Lipinski definition) is 0. The zero-order valence-corrected chi connectivity index (χ0v) is 13.1. The molecule has 0 atom stereocenters. The van der Waals surface area contributed by atoms with Crippen molar-refractivity contribution in [1.82, 2.24) is 0 Å². The van der Waals surface area contributed by atoms with Gasteiger partial charge in [-0.1, -0.05) is 78.3 Å². The second-order valence-corrected chi connectivity index (χ2v) is 6.39. The topological polar surface area (TPSA) is 0 Å². The molecular weight excluding hydrogens is 300 g/mol. The van der Waals surface area contributed by atoms with E-state index in [9.17, 15) is 0 Å². The number of halogens is 1. The summed E-state index contributed by atoms with van der Waals surface area (Å²) in [6.07, 6.45) is 0. The van der Waals surface area contributed by atoms with Crippen LogP contribution < -0.4 is 0 Å². The molecule has 0 saturated carbocycles. The van der Waals surface area contributed by atoms with Gasteiger partial charge in [-0.2, -0.15) is 0 Å². The summed E-state index contributed by atoms with van der Waals surface area (Å²) < 4.78 is 0. The lowest BCUT2D eigenvalue weighted by Gasteiger charge is -2.11. The Hall–Kier alpha value is -2.57. The lowest BCUT2D eigenvalue weighted by atomic mass is 9.93. The zero-order valence-electron chi connectivity index (χ0n) is 12.4. The van der Waals surface area contributed by atoms with E-state index in [1.165, 1.54) is 44.2 Å². The van der Waals surface area contributed by atoms with Crippen molar-refractivity contribution >= 4 is 22.4 Å². The highest BCUT2D eigenvalue weighted by Crippen LogP contribution is 2.51. The average Bonchev–Trinajstić information content (AvgIpc) is 2.92. The van der Waals surface area contributed by atoms with E-state index in [0.29, 0.717) is 0 Å². The van der Waals surface area contributed by atoms with E-state index in [2.05, 4.69) is 72.8 Å². The Morgan fingerprint density at radius 1 is 0.565 bits per heavy atom. The normalized spacial score (nSPS) is 11.7. The van der Waals surface area contributed by atoms with Crippen molar-refractivity contribution in [3.8, 4) is 33.4 Å². The largest absolute Gasteiger partial charge is 0.0843 e. The Morgan fingerprint density at radius 2 is 1.26 bits per heavy atom. The third-order valence-electron chi connectivity index (χ3n) is 4.65. The van der Waals surface area contributed by atoms with Crippen molar-refractivity contribution in [2.75, 3.05) is 0 Å². The van der Waals surface area contributed by atoms with Crippen molar-refractivity contribution in [3.63, 3.8) is 0 Å². The predicted molar refractivity (Wildman–Crippen MR) is 98.8 cm³/mol. The van der Waals surface area contributed by atoms with Crippen LogP contribution in [-0.2, 0) is 0 Å². The highest BCUT2D eigenvalue weighted by atomic mass is 35.5. The molecule has 1 aliphatic carbocycles. The van der Waals surface area contributed by atoms with Gasteiger partial charge in [0, 0.05) is 5.02 Å². The van der Waals surface area contributed by atoms with Gasteiger partial charge in [0.25, 0.3) is 0 Å². The molecule has 4 aromatic rings. The molecule has 0 bridgehead atoms. The van der Waals surface area contributed by atoms with Crippen molar-refractivity contribution in [2.24, 2.45) is 0 Å². The molecule has 4 aromatic carbocycles. The molecule has 1 heteroatoms. The van der Waals surface area contributed by atoms with Gasteiger partial charge < -0.3 is 0 Å². The van der Waals surface area contributed by atoms with Crippen molar-refractivity contribution in [3.05, 3.63) is 83.9 Å². The molecule has 0 aliphatic heterocycles. The van der Waals surface area contributed by atoms with E-state index < -0.39 is 0 Å². The van der Waals surface area contributed by atoms with Gasteiger partial charge in [-0.05, 0) is 56.3 Å². The molecule has 0 spiro atoms. The van der Waals surface area contributed by atoms with Crippen LogP contribution in [0.4, 0.5) is 0 Å². The van der Waals surface area contributed by atoms with Gasteiger partial charge in [-0.25, -0.2) is 0 Å². The van der Waals surface area contributed by atoms with E-state index >= 15 is 0 Å². The summed E-state index contributed by atoms with van der Waals surface area (Å²) >= 11 is 6.46. The third-order valence-corrected chi connectivity index (χ3v) is 4.87. The Bertz CT molecular complexity index is 1060. The Balaban J connectivity index is 1.95. The predicted octanol–water partition coefficient (Wildman–Crippen LogP) is 6.81. The first-order valence-electron chi connectivity index (χ1n) is 7.74. The fourth-order valence-corrected chi connectivity index (χ4v) is 3.95. The number of hydrogen-bond donors (Lipinski definition) is 0. The molecule has 0 radical (unpaired) electrons. The minimum atomic E-state index is 0.785. The van der Waals surface area contributed by atoms with Gasteiger partial charge in [-0.3, -0.25) is 0 Å². The fraction of sp³-hybridized carbons (Fsp3) is 0. The minimum absolute atomic E-state index is 0.785. The molecule has 0 aromatic heterocycles. The summed E-state index contributed by atoms with van der Waals surface area (Å²) in [7, 11) is 0. The molecule has 1 aliphatic rings. The van der Waals surface area contributed by atoms with Crippen LogP contribution in [0.25, 0.3) is 44.2 Å². The summed E-state index contributed by atoms with van der Waals surface area (Å²) in [6.45, 7) is 0. The fourth-order valence-electron chi connectivity index (χ4n) is 3.73. The van der Waals surface area contributed by atoms with Crippen LogP contribution in [-0.4, -0.2) is 0 Å². The smallest absolute Gasteiger partial charge is 0.0418 e. The van der Waals surface area contributed by atoms with Gasteiger partial charge in [0.15, 0.2) is 0 Å². The van der Waals surface area contributed by atoms with Crippen molar-refractivity contribution in [2.45, 2.75) is 0 Å². The van der Waals surface area contributed by atoms with Crippen LogP contribution in [0.1, 0.15) is 0 Å². The maximum absolute atomic E-state index is 6.46. The van der Waals surface area contributed by atoms with E-state index in [4.69, 9.17) is 11.6 Å². The van der Waals surface area contributed by atoms with Gasteiger partial charge in [0.2, 0.25) is 0 Å². The van der Waals surface area contributed by atoms with Crippen LogP contribution in [0, 0.1) is 0 Å². The molecule has 108 valence electrons. The first-order valence-corrected chi connectivity index (χ1v) is 8.12. The molecule has 0 amide bonds. The van der Waals surface area contributed by atoms with E-state index in [-0.39, 0.29) is 0 Å². The summed E-state index contributed by atoms with van der Waals surface area (Å²) in [4.78, 5) is 0. The molecule has 0 N–H and O–H groups in total. The average molecular weight is 313 g/mol. The first-order chi connectivity index (χ1) is 11.3. The Kier molecular flexibility index (Phi) is 2.65. The zero-order chi connectivity index (χ0) is 15.4. The number of benzene rings is 4.